The summed E-state index contributed by atoms with van der Waals surface area (Å²) in [6.07, 6.45) is 2.35. The lowest BCUT2D eigenvalue weighted by Gasteiger charge is -2.38. The Balaban J connectivity index is 2.02. The maximum Gasteiger partial charge on any atom is 0.261 e. The third-order valence-electron chi connectivity index (χ3n) is 5.95. The van der Waals surface area contributed by atoms with Gasteiger partial charge in [-0.25, -0.2) is 13.4 Å². The number of sulfonamides is 1. The molecule has 11 heteroatoms. The normalized spacial score (nSPS) is 20.1. The summed E-state index contributed by atoms with van der Waals surface area (Å²) < 4.78 is 35.3. The van der Waals surface area contributed by atoms with Crippen LogP contribution in [0.25, 0.3) is 0 Å². The van der Waals surface area contributed by atoms with Crippen molar-refractivity contribution in [1.82, 2.24) is 18.8 Å². The van der Waals surface area contributed by atoms with Gasteiger partial charge in [0.25, 0.3) is 15.9 Å². The molecule has 3 atom stereocenters. The number of benzene rings is 1. The van der Waals surface area contributed by atoms with Crippen LogP contribution in [0.2, 0.25) is 0 Å². The van der Waals surface area contributed by atoms with Gasteiger partial charge in [0.2, 0.25) is 0 Å². The number of nitrogens with zero attached hydrogens (tertiary/aromatic N) is 5. The summed E-state index contributed by atoms with van der Waals surface area (Å²) in [5.74, 6) is -0.0365. The zero-order chi connectivity index (χ0) is 24.5. The number of para-hydroxylation sites is 1. The molecule has 0 saturated carbocycles. The topological polar surface area (TPSA) is 108 Å². The van der Waals surface area contributed by atoms with Crippen molar-refractivity contribution < 1.29 is 23.1 Å². The summed E-state index contributed by atoms with van der Waals surface area (Å²) in [5.41, 5.74) is 1.10. The van der Waals surface area contributed by atoms with Crippen molar-refractivity contribution in [1.29, 1.82) is 0 Å². The minimum Gasteiger partial charge on any atom is -0.486 e. The summed E-state index contributed by atoms with van der Waals surface area (Å²) in [4.78, 5) is 20.9. The van der Waals surface area contributed by atoms with Gasteiger partial charge >= 0.3 is 0 Å². The molecule has 2 aromatic rings. The fourth-order valence-electron chi connectivity index (χ4n) is 3.83. The molecule has 182 valence electrons. The average molecular weight is 480 g/mol. The molecule has 0 bridgehead atoms. The summed E-state index contributed by atoms with van der Waals surface area (Å²) in [6, 6.07) is 4.94. The van der Waals surface area contributed by atoms with Crippen LogP contribution < -0.4 is 9.64 Å². The van der Waals surface area contributed by atoms with Crippen LogP contribution in [0.1, 0.15) is 24.2 Å². The Bertz CT molecular complexity index is 1100. The van der Waals surface area contributed by atoms with Gasteiger partial charge in [-0.3, -0.25) is 4.79 Å². The summed E-state index contributed by atoms with van der Waals surface area (Å²) in [5, 5.41) is 9.72. The number of anilines is 1. The van der Waals surface area contributed by atoms with Crippen molar-refractivity contribution >= 4 is 21.6 Å². The number of ether oxygens (including phenoxy) is 1. The van der Waals surface area contributed by atoms with Crippen molar-refractivity contribution in [2.24, 2.45) is 13.0 Å². The van der Waals surface area contributed by atoms with Gasteiger partial charge in [-0.15, -0.1) is 0 Å². The van der Waals surface area contributed by atoms with Gasteiger partial charge in [0.05, 0.1) is 36.8 Å². The molecule has 2 heterocycles. The minimum absolute atomic E-state index is 0.0360. The molecule has 10 nitrogen and oxygen atoms in total. The fourth-order valence-corrected chi connectivity index (χ4v) is 4.97. The predicted octanol–water partition coefficient (Wildman–Crippen LogP) is 1.03. The number of likely N-dealkylation sites (N-methyl/N-ethyl adjacent to an activating group) is 1. The first-order chi connectivity index (χ1) is 15.5. The Labute approximate surface area is 195 Å². The molecule has 0 unspecified atom stereocenters. The molecule has 1 aromatic carbocycles. The highest BCUT2D eigenvalue weighted by Crippen LogP contribution is 2.36. The Hall–Kier alpha value is -2.63. The van der Waals surface area contributed by atoms with Crippen LogP contribution in [0.4, 0.5) is 5.69 Å². The van der Waals surface area contributed by atoms with Crippen LogP contribution >= 0.6 is 0 Å². The lowest BCUT2D eigenvalue weighted by Crippen LogP contribution is -2.50. The quantitative estimate of drug-likeness (QED) is 0.632. The number of fused-ring (bicyclic) bond motifs is 1. The van der Waals surface area contributed by atoms with E-state index >= 15 is 0 Å². The van der Waals surface area contributed by atoms with E-state index in [-0.39, 0.29) is 30.0 Å². The smallest absolute Gasteiger partial charge is 0.261 e. The van der Waals surface area contributed by atoms with Gasteiger partial charge in [-0.05, 0) is 19.1 Å². The van der Waals surface area contributed by atoms with Crippen molar-refractivity contribution in [2.45, 2.75) is 31.0 Å². The predicted molar refractivity (Wildman–Crippen MR) is 125 cm³/mol. The monoisotopic (exact) mass is 479 g/mol. The number of imidazole rings is 1. The number of hydrogen-bond acceptors (Lipinski definition) is 7. The molecule has 1 amide bonds. The zero-order valence-electron chi connectivity index (χ0n) is 20.0. The molecule has 1 aliphatic rings. The van der Waals surface area contributed by atoms with E-state index in [2.05, 4.69) is 4.98 Å². The molecule has 1 aromatic heterocycles. The van der Waals surface area contributed by atoms with E-state index in [0.717, 1.165) is 0 Å². The molecular weight excluding hydrogens is 446 g/mol. The highest BCUT2D eigenvalue weighted by atomic mass is 32.2. The summed E-state index contributed by atoms with van der Waals surface area (Å²) >= 11 is 0. The number of aliphatic hydroxyl groups excluding tert-OH is 1. The number of carbonyl (C=O) groups is 1. The molecule has 0 saturated heterocycles. The number of aryl methyl sites for hydroxylation is 1. The van der Waals surface area contributed by atoms with Crippen molar-refractivity contribution in [3.05, 3.63) is 36.3 Å². The Morgan fingerprint density at radius 2 is 2.00 bits per heavy atom. The van der Waals surface area contributed by atoms with Crippen molar-refractivity contribution in [2.75, 3.05) is 45.7 Å². The van der Waals surface area contributed by atoms with Gasteiger partial charge in [0.1, 0.15) is 6.10 Å². The molecule has 1 aliphatic heterocycles. The van der Waals surface area contributed by atoms with Crippen LogP contribution in [0.5, 0.6) is 5.75 Å². The first-order valence-corrected chi connectivity index (χ1v) is 12.2. The van der Waals surface area contributed by atoms with E-state index in [0.29, 0.717) is 23.5 Å². The second kappa shape index (κ2) is 9.70. The third-order valence-corrected chi connectivity index (χ3v) is 7.65. The molecule has 0 aliphatic carbocycles. The minimum atomic E-state index is -3.82. The van der Waals surface area contributed by atoms with Crippen LogP contribution in [0, 0.1) is 5.92 Å². The lowest BCUT2D eigenvalue weighted by atomic mass is 9.99. The summed E-state index contributed by atoms with van der Waals surface area (Å²) in [7, 11) is 3.09. The second-order valence-electron chi connectivity index (χ2n) is 8.83. The Kier molecular flexibility index (Phi) is 7.35. The van der Waals surface area contributed by atoms with E-state index in [1.807, 2.05) is 32.0 Å². The van der Waals surface area contributed by atoms with E-state index < -0.39 is 22.2 Å². The van der Waals surface area contributed by atoms with E-state index in [9.17, 15) is 18.3 Å². The first-order valence-electron chi connectivity index (χ1n) is 10.8. The molecule has 0 radical (unpaired) electrons. The van der Waals surface area contributed by atoms with E-state index in [1.165, 1.54) is 23.9 Å². The average Bonchev–Trinajstić information content (AvgIpc) is 3.22. The number of amides is 1. The molecule has 0 fully saturated rings. The van der Waals surface area contributed by atoms with Crippen LogP contribution in [0.3, 0.4) is 0 Å². The first kappa shape index (κ1) is 25.0. The fraction of sp³-hybridized carbons (Fsp3) is 0.545. The number of aromatic nitrogens is 2. The molecule has 0 spiro atoms. The van der Waals surface area contributed by atoms with Gasteiger partial charge in [-0.1, -0.05) is 13.0 Å². The van der Waals surface area contributed by atoms with Crippen molar-refractivity contribution in [3.8, 4) is 5.75 Å². The summed E-state index contributed by atoms with van der Waals surface area (Å²) in [6.45, 7) is 3.90. The number of carbonyl (C=O) groups excluding carboxylic acids is 1. The molecule has 3 rings (SSSR count). The van der Waals surface area contributed by atoms with Gasteiger partial charge in [0.15, 0.2) is 10.8 Å². The SMILES string of the molecule is C[C@H](CO)N1C[C@H](C)[C@@H](CN(C)S(=O)(=O)c2cn(C)cn2)Oc2c(cccc2N(C)C)C1=O. The number of aliphatic hydroxyl groups is 1. The highest BCUT2D eigenvalue weighted by Gasteiger charge is 2.36. The van der Waals surface area contributed by atoms with E-state index in [4.69, 9.17) is 4.74 Å². The standard InChI is InChI=1S/C22H33N5O5S/c1-15-10-27(16(2)13-28)22(29)17-8-7-9-18(24(3)4)21(17)32-19(15)11-26(6)33(30,31)20-12-25(5)14-23-20/h7-9,12,14-16,19,28H,10-11,13H2,1-6H3/t15-,16+,19+/m0/s1. The largest absolute Gasteiger partial charge is 0.486 e. The van der Waals surface area contributed by atoms with Crippen LogP contribution in [0.15, 0.2) is 35.7 Å². The number of rotatable bonds is 7. The highest BCUT2D eigenvalue weighted by molar-refractivity contribution is 7.89. The van der Waals surface area contributed by atoms with Gasteiger partial charge < -0.3 is 24.2 Å². The molecule has 1 N–H and O–H groups in total. The molecular formula is C22H33N5O5S. The lowest BCUT2D eigenvalue weighted by molar-refractivity contribution is 0.0388. The Morgan fingerprint density at radius 3 is 2.58 bits per heavy atom. The third kappa shape index (κ3) is 4.99. The van der Waals surface area contributed by atoms with Crippen LogP contribution in [-0.2, 0) is 17.1 Å². The van der Waals surface area contributed by atoms with Gasteiger partial charge in [0, 0.05) is 46.9 Å². The number of hydrogen-bond donors (Lipinski definition) is 1. The Morgan fingerprint density at radius 1 is 1.30 bits per heavy atom. The van der Waals surface area contributed by atoms with Crippen molar-refractivity contribution in [3.63, 3.8) is 0 Å². The maximum absolute atomic E-state index is 13.4. The zero-order valence-corrected chi connectivity index (χ0v) is 20.8. The molecule has 33 heavy (non-hydrogen) atoms. The van der Waals surface area contributed by atoms with Gasteiger partial charge in [-0.2, -0.15) is 4.31 Å². The maximum atomic E-state index is 13.4. The van der Waals surface area contributed by atoms with E-state index in [1.54, 1.807) is 35.6 Å². The second-order valence-corrected chi connectivity index (χ2v) is 10.8. The van der Waals surface area contributed by atoms with Crippen LogP contribution in [-0.4, -0.2) is 91.2 Å².